The zero-order valence-corrected chi connectivity index (χ0v) is 17.2. The lowest BCUT2D eigenvalue weighted by Gasteiger charge is -2.16. The summed E-state index contributed by atoms with van der Waals surface area (Å²) in [5.41, 5.74) is 0.416. The van der Waals surface area contributed by atoms with E-state index in [4.69, 9.17) is 16.3 Å². The Morgan fingerprint density at radius 1 is 1.27 bits per heavy atom. The number of ether oxygens (including phenoxy) is 1. The lowest BCUT2D eigenvalue weighted by atomic mass is 10.2. The SMILES string of the molecule is CCCOC(=N[C@@H](C)CCC[NH+](CC)CC)NC(=O)c1ccccc1Cl. The molecule has 0 fully saturated rings. The molecule has 0 saturated carbocycles. The number of hydrogen-bond acceptors (Lipinski definition) is 3. The molecule has 146 valence electrons. The van der Waals surface area contributed by atoms with Crippen LogP contribution in [0.15, 0.2) is 29.3 Å². The molecule has 2 N–H and O–H groups in total. The van der Waals surface area contributed by atoms with Crippen LogP contribution in [0, 0.1) is 0 Å². The average molecular weight is 383 g/mol. The quantitative estimate of drug-likeness (QED) is 0.483. The molecule has 0 radical (unpaired) electrons. The van der Waals surface area contributed by atoms with Crippen LogP contribution in [0.3, 0.4) is 0 Å². The smallest absolute Gasteiger partial charge is 0.291 e. The second kappa shape index (κ2) is 12.7. The Balaban J connectivity index is 2.67. The first-order valence-electron chi connectivity index (χ1n) is 9.61. The molecule has 1 atom stereocenters. The molecule has 0 bridgehead atoms. The van der Waals surface area contributed by atoms with E-state index in [1.165, 1.54) is 0 Å². The third-order valence-electron chi connectivity index (χ3n) is 4.27. The molecule has 0 heterocycles. The first kappa shape index (κ1) is 22.5. The predicted molar refractivity (Wildman–Crippen MR) is 108 cm³/mol. The summed E-state index contributed by atoms with van der Waals surface area (Å²) >= 11 is 6.09. The maximum atomic E-state index is 12.4. The molecule has 0 spiro atoms. The third-order valence-corrected chi connectivity index (χ3v) is 4.60. The molecule has 0 aliphatic heterocycles. The second-order valence-electron chi connectivity index (χ2n) is 6.42. The van der Waals surface area contributed by atoms with Crippen LogP contribution in [-0.4, -0.2) is 44.2 Å². The zero-order chi connectivity index (χ0) is 19.4. The van der Waals surface area contributed by atoms with E-state index in [2.05, 4.69) is 31.1 Å². The lowest BCUT2D eigenvalue weighted by Crippen LogP contribution is -3.11. The second-order valence-corrected chi connectivity index (χ2v) is 6.82. The summed E-state index contributed by atoms with van der Waals surface area (Å²) in [7, 11) is 0. The van der Waals surface area contributed by atoms with Crippen molar-refractivity contribution in [3.63, 3.8) is 0 Å². The summed E-state index contributed by atoms with van der Waals surface area (Å²) in [6, 6.07) is 7.32. The highest BCUT2D eigenvalue weighted by molar-refractivity contribution is 6.34. The normalized spacial score (nSPS) is 12.9. The number of amidine groups is 1. The average Bonchev–Trinajstić information content (AvgIpc) is 2.63. The van der Waals surface area contributed by atoms with Gasteiger partial charge in [0.25, 0.3) is 11.9 Å². The van der Waals surface area contributed by atoms with E-state index < -0.39 is 0 Å². The van der Waals surface area contributed by atoms with Gasteiger partial charge in [0.2, 0.25) is 0 Å². The number of aliphatic imine (C=N–C) groups is 1. The summed E-state index contributed by atoms with van der Waals surface area (Å²) in [6.07, 6.45) is 2.91. The fraction of sp³-hybridized carbons (Fsp3) is 0.600. The molecule has 1 rings (SSSR count). The summed E-state index contributed by atoms with van der Waals surface area (Å²) < 4.78 is 5.63. The molecular formula is C20H33ClN3O2+. The van der Waals surface area contributed by atoms with Gasteiger partial charge in [0.15, 0.2) is 0 Å². The Hall–Kier alpha value is -1.59. The Morgan fingerprint density at radius 3 is 2.58 bits per heavy atom. The van der Waals surface area contributed by atoms with Gasteiger partial charge in [-0.15, -0.1) is 0 Å². The minimum absolute atomic E-state index is 0.0864. The minimum Gasteiger partial charge on any atom is -0.465 e. The Labute approximate surface area is 162 Å². The van der Waals surface area contributed by atoms with Gasteiger partial charge in [-0.05, 0) is 52.2 Å². The number of nitrogens with zero attached hydrogens (tertiary/aromatic N) is 1. The van der Waals surface area contributed by atoms with Crippen molar-refractivity contribution in [3.8, 4) is 0 Å². The Morgan fingerprint density at radius 2 is 1.96 bits per heavy atom. The van der Waals surface area contributed by atoms with Crippen LogP contribution >= 0.6 is 11.6 Å². The van der Waals surface area contributed by atoms with E-state index in [9.17, 15) is 4.79 Å². The van der Waals surface area contributed by atoms with Gasteiger partial charge in [0, 0.05) is 0 Å². The zero-order valence-electron chi connectivity index (χ0n) is 16.5. The third kappa shape index (κ3) is 8.19. The van der Waals surface area contributed by atoms with E-state index in [0.29, 0.717) is 17.2 Å². The number of benzene rings is 1. The molecule has 0 unspecified atom stereocenters. The van der Waals surface area contributed by atoms with Crippen molar-refractivity contribution in [3.05, 3.63) is 34.9 Å². The number of halogens is 1. The molecule has 26 heavy (non-hydrogen) atoms. The van der Waals surface area contributed by atoms with Crippen molar-refractivity contribution >= 4 is 23.5 Å². The van der Waals surface area contributed by atoms with Gasteiger partial charge < -0.3 is 9.64 Å². The van der Waals surface area contributed by atoms with Crippen molar-refractivity contribution in [1.82, 2.24) is 5.32 Å². The van der Waals surface area contributed by atoms with Crippen LogP contribution in [-0.2, 0) is 4.74 Å². The Kier molecular flexibility index (Phi) is 11.0. The number of hydrogen-bond donors (Lipinski definition) is 2. The van der Waals surface area contributed by atoms with E-state index in [1.807, 2.05) is 6.92 Å². The molecule has 0 aromatic heterocycles. The molecular weight excluding hydrogens is 350 g/mol. The topological polar surface area (TPSA) is 55.1 Å². The van der Waals surface area contributed by atoms with Gasteiger partial charge in [0.05, 0.1) is 42.9 Å². The van der Waals surface area contributed by atoms with Crippen LogP contribution in [0.1, 0.15) is 57.3 Å². The van der Waals surface area contributed by atoms with Crippen LogP contribution in [0.5, 0.6) is 0 Å². The van der Waals surface area contributed by atoms with Crippen molar-refractivity contribution in [2.45, 2.75) is 53.0 Å². The van der Waals surface area contributed by atoms with Gasteiger partial charge in [-0.25, -0.2) is 4.99 Å². The summed E-state index contributed by atoms with van der Waals surface area (Å²) in [6.45, 7) is 12.4. The van der Waals surface area contributed by atoms with Crippen LogP contribution in [0.25, 0.3) is 0 Å². The highest BCUT2D eigenvalue weighted by atomic mass is 35.5. The maximum absolute atomic E-state index is 12.4. The van der Waals surface area contributed by atoms with Crippen molar-refractivity contribution in [1.29, 1.82) is 0 Å². The molecule has 0 saturated heterocycles. The maximum Gasteiger partial charge on any atom is 0.291 e. The van der Waals surface area contributed by atoms with Gasteiger partial charge in [-0.2, -0.15) is 0 Å². The van der Waals surface area contributed by atoms with Gasteiger partial charge in [-0.1, -0.05) is 30.7 Å². The number of carbonyl (C=O) groups excluding carboxylic acids is 1. The summed E-state index contributed by atoms with van der Waals surface area (Å²) in [5.74, 6) is -0.301. The molecule has 1 aromatic rings. The van der Waals surface area contributed by atoms with Crippen molar-refractivity contribution in [2.24, 2.45) is 4.99 Å². The number of nitrogens with one attached hydrogen (secondary N) is 2. The number of quaternary nitrogens is 1. The lowest BCUT2D eigenvalue weighted by molar-refractivity contribution is -0.896. The molecule has 1 amide bonds. The predicted octanol–water partition coefficient (Wildman–Crippen LogP) is 2.95. The minimum atomic E-state index is -0.301. The van der Waals surface area contributed by atoms with E-state index in [-0.39, 0.29) is 18.0 Å². The molecule has 1 aromatic carbocycles. The van der Waals surface area contributed by atoms with E-state index in [0.717, 1.165) is 38.9 Å². The summed E-state index contributed by atoms with van der Waals surface area (Å²) in [5, 5.41) is 3.17. The number of carbonyl (C=O) groups is 1. The van der Waals surface area contributed by atoms with Crippen molar-refractivity contribution < 1.29 is 14.4 Å². The van der Waals surface area contributed by atoms with Gasteiger partial charge in [-0.3, -0.25) is 10.1 Å². The highest BCUT2D eigenvalue weighted by Crippen LogP contribution is 2.14. The molecule has 5 nitrogen and oxygen atoms in total. The van der Waals surface area contributed by atoms with E-state index in [1.54, 1.807) is 29.2 Å². The molecule has 6 heteroatoms. The number of amides is 1. The monoisotopic (exact) mass is 382 g/mol. The standard InChI is InChI=1S/C20H32ClN3O2/c1-5-15-26-20(22-16(4)11-10-14-24(6-2)7-3)23-19(25)17-12-8-9-13-18(17)21/h8-9,12-13,16H,5-7,10-11,14-15H2,1-4H3,(H,22,23,25)/p+1/t16-/m0/s1. The first-order valence-corrected chi connectivity index (χ1v) is 9.99. The van der Waals surface area contributed by atoms with Crippen LogP contribution in [0.2, 0.25) is 5.02 Å². The number of rotatable bonds is 10. The fourth-order valence-corrected chi connectivity index (χ4v) is 2.85. The largest absolute Gasteiger partial charge is 0.465 e. The highest BCUT2D eigenvalue weighted by Gasteiger charge is 2.14. The van der Waals surface area contributed by atoms with Gasteiger partial charge in [0.1, 0.15) is 0 Å². The molecule has 0 aliphatic carbocycles. The first-order chi connectivity index (χ1) is 12.5. The molecule has 0 aliphatic rings. The van der Waals surface area contributed by atoms with E-state index >= 15 is 0 Å². The summed E-state index contributed by atoms with van der Waals surface area (Å²) in [4.78, 5) is 18.6. The fourth-order valence-electron chi connectivity index (χ4n) is 2.63. The van der Waals surface area contributed by atoms with Crippen molar-refractivity contribution in [2.75, 3.05) is 26.2 Å². The van der Waals surface area contributed by atoms with Crippen LogP contribution < -0.4 is 10.2 Å². The van der Waals surface area contributed by atoms with Gasteiger partial charge >= 0.3 is 0 Å². The van der Waals surface area contributed by atoms with Crippen LogP contribution in [0.4, 0.5) is 0 Å². The Bertz CT molecular complexity index is 574.